The highest BCUT2D eigenvalue weighted by molar-refractivity contribution is 7.19. The zero-order valence-electron chi connectivity index (χ0n) is 13.2. The molecule has 114 valence electrons. The fourth-order valence-electron chi connectivity index (χ4n) is 2.95. The Kier molecular flexibility index (Phi) is 4.60. The first-order chi connectivity index (χ1) is 10.1. The number of likely N-dealkylation sites (N-methyl/N-ethyl adjacent to an activating group) is 2. The molecule has 0 amide bonds. The van der Waals surface area contributed by atoms with E-state index in [0.29, 0.717) is 12.1 Å². The molecule has 2 aromatic rings. The molecule has 1 aromatic heterocycles. The van der Waals surface area contributed by atoms with Crippen LogP contribution in [0.2, 0.25) is 0 Å². The van der Waals surface area contributed by atoms with E-state index in [9.17, 15) is 0 Å². The van der Waals surface area contributed by atoms with Gasteiger partial charge in [0.1, 0.15) is 0 Å². The molecule has 0 bridgehead atoms. The van der Waals surface area contributed by atoms with Gasteiger partial charge < -0.3 is 10.2 Å². The SMILES string of the molecule is CC(NCC1CN(C)CCN1C)c1cc2ccccc2s1. The van der Waals surface area contributed by atoms with E-state index in [1.165, 1.54) is 28.1 Å². The summed E-state index contributed by atoms with van der Waals surface area (Å²) in [5.74, 6) is 0. The molecule has 2 heterocycles. The quantitative estimate of drug-likeness (QED) is 0.937. The molecule has 2 atom stereocenters. The smallest absolute Gasteiger partial charge is 0.0387 e. The van der Waals surface area contributed by atoms with Crippen molar-refractivity contribution in [3.8, 4) is 0 Å². The molecule has 3 nitrogen and oxygen atoms in total. The number of thiophene rings is 1. The van der Waals surface area contributed by atoms with E-state index < -0.39 is 0 Å². The summed E-state index contributed by atoms with van der Waals surface area (Å²) in [6.45, 7) is 6.83. The average Bonchev–Trinajstić information content (AvgIpc) is 2.92. The first-order valence-corrected chi connectivity index (χ1v) is 8.56. The number of nitrogens with zero attached hydrogens (tertiary/aromatic N) is 2. The summed E-state index contributed by atoms with van der Waals surface area (Å²) in [5, 5.41) is 5.08. The minimum absolute atomic E-state index is 0.419. The van der Waals surface area contributed by atoms with Crippen LogP contribution >= 0.6 is 11.3 Å². The van der Waals surface area contributed by atoms with Gasteiger partial charge in [-0.25, -0.2) is 0 Å². The summed E-state index contributed by atoms with van der Waals surface area (Å²) in [4.78, 5) is 6.34. The topological polar surface area (TPSA) is 18.5 Å². The number of hydrogen-bond donors (Lipinski definition) is 1. The normalized spacial score (nSPS) is 22.7. The van der Waals surface area contributed by atoms with Gasteiger partial charge in [0.05, 0.1) is 0 Å². The number of piperazine rings is 1. The van der Waals surface area contributed by atoms with Gasteiger partial charge in [-0.05, 0) is 38.5 Å². The van der Waals surface area contributed by atoms with Crippen LogP contribution < -0.4 is 5.32 Å². The lowest BCUT2D eigenvalue weighted by Gasteiger charge is -2.38. The lowest BCUT2D eigenvalue weighted by Crippen LogP contribution is -2.53. The molecule has 0 radical (unpaired) electrons. The van der Waals surface area contributed by atoms with Crippen molar-refractivity contribution < 1.29 is 0 Å². The molecule has 1 fully saturated rings. The maximum absolute atomic E-state index is 3.72. The van der Waals surface area contributed by atoms with E-state index in [1.54, 1.807) is 0 Å². The van der Waals surface area contributed by atoms with Crippen LogP contribution in [0.25, 0.3) is 10.1 Å². The van der Waals surface area contributed by atoms with E-state index in [1.807, 2.05) is 11.3 Å². The van der Waals surface area contributed by atoms with Crippen molar-refractivity contribution in [1.82, 2.24) is 15.1 Å². The standard InChI is InChI=1S/C17H25N3S/c1-13(17-10-14-6-4-5-7-16(14)21-17)18-11-15-12-19(2)8-9-20(15)3/h4-7,10,13,15,18H,8-9,11-12H2,1-3H3. The Morgan fingerprint density at radius 2 is 2.10 bits per heavy atom. The molecule has 4 heteroatoms. The summed E-state index contributed by atoms with van der Waals surface area (Å²) >= 11 is 1.91. The van der Waals surface area contributed by atoms with Gasteiger partial charge in [0.2, 0.25) is 0 Å². The number of rotatable bonds is 4. The zero-order valence-corrected chi connectivity index (χ0v) is 14.0. The van der Waals surface area contributed by atoms with Crippen molar-refractivity contribution in [3.05, 3.63) is 35.2 Å². The Labute approximate surface area is 131 Å². The summed E-state index contributed by atoms with van der Waals surface area (Å²) in [6, 6.07) is 12.0. The van der Waals surface area contributed by atoms with Gasteiger partial charge in [0, 0.05) is 47.8 Å². The molecule has 1 aromatic carbocycles. The predicted octanol–water partition coefficient (Wildman–Crippen LogP) is 2.80. The van der Waals surface area contributed by atoms with Crippen LogP contribution in [-0.4, -0.2) is 56.1 Å². The molecule has 1 N–H and O–H groups in total. The Balaban J connectivity index is 1.61. The van der Waals surface area contributed by atoms with Crippen LogP contribution in [-0.2, 0) is 0 Å². The van der Waals surface area contributed by atoms with Crippen molar-refractivity contribution in [3.63, 3.8) is 0 Å². The fourth-order valence-corrected chi connectivity index (χ4v) is 4.04. The van der Waals surface area contributed by atoms with E-state index in [2.05, 4.69) is 66.5 Å². The van der Waals surface area contributed by atoms with E-state index in [-0.39, 0.29) is 0 Å². The van der Waals surface area contributed by atoms with Gasteiger partial charge in [0.15, 0.2) is 0 Å². The van der Waals surface area contributed by atoms with Crippen LogP contribution in [0.3, 0.4) is 0 Å². The second-order valence-electron chi connectivity index (χ2n) is 6.21. The highest BCUT2D eigenvalue weighted by Crippen LogP contribution is 2.29. The van der Waals surface area contributed by atoms with Crippen molar-refractivity contribution in [2.75, 3.05) is 40.3 Å². The first-order valence-electron chi connectivity index (χ1n) is 7.74. The maximum Gasteiger partial charge on any atom is 0.0387 e. The summed E-state index contributed by atoms with van der Waals surface area (Å²) in [6.07, 6.45) is 0. The first kappa shape index (κ1) is 15.0. The highest BCUT2D eigenvalue weighted by Gasteiger charge is 2.22. The van der Waals surface area contributed by atoms with Gasteiger partial charge in [-0.3, -0.25) is 4.90 Å². The number of nitrogens with one attached hydrogen (secondary N) is 1. The molecule has 1 saturated heterocycles. The summed E-state index contributed by atoms with van der Waals surface area (Å²) < 4.78 is 1.38. The second kappa shape index (κ2) is 6.44. The van der Waals surface area contributed by atoms with Gasteiger partial charge in [-0.1, -0.05) is 18.2 Å². The molecule has 2 unspecified atom stereocenters. The second-order valence-corrected chi connectivity index (χ2v) is 7.33. The molecular formula is C17H25N3S. The fraction of sp³-hybridized carbons (Fsp3) is 0.529. The van der Waals surface area contributed by atoms with Gasteiger partial charge in [-0.2, -0.15) is 0 Å². The predicted molar refractivity (Wildman–Crippen MR) is 92.2 cm³/mol. The molecule has 1 aliphatic heterocycles. The Morgan fingerprint density at radius 3 is 2.90 bits per heavy atom. The minimum atomic E-state index is 0.419. The van der Waals surface area contributed by atoms with Gasteiger partial charge >= 0.3 is 0 Å². The highest BCUT2D eigenvalue weighted by atomic mass is 32.1. The zero-order chi connectivity index (χ0) is 14.8. The number of fused-ring (bicyclic) bond motifs is 1. The number of benzene rings is 1. The van der Waals surface area contributed by atoms with Crippen molar-refractivity contribution in [2.45, 2.75) is 19.0 Å². The molecule has 21 heavy (non-hydrogen) atoms. The third-order valence-electron chi connectivity index (χ3n) is 4.51. The largest absolute Gasteiger partial charge is 0.308 e. The Morgan fingerprint density at radius 1 is 1.29 bits per heavy atom. The van der Waals surface area contributed by atoms with Crippen LogP contribution in [0.15, 0.2) is 30.3 Å². The summed E-state index contributed by atoms with van der Waals surface area (Å²) in [7, 11) is 4.46. The van der Waals surface area contributed by atoms with Crippen LogP contribution in [0.1, 0.15) is 17.8 Å². The van der Waals surface area contributed by atoms with Crippen molar-refractivity contribution in [1.29, 1.82) is 0 Å². The van der Waals surface area contributed by atoms with E-state index in [0.717, 1.165) is 13.1 Å². The van der Waals surface area contributed by atoms with Crippen LogP contribution in [0.5, 0.6) is 0 Å². The summed E-state index contributed by atoms with van der Waals surface area (Å²) in [5.41, 5.74) is 0. The molecule has 0 spiro atoms. The van der Waals surface area contributed by atoms with Crippen molar-refractivity contribution >= 4 is 21.4 Å². The molecule has 1 aliphatic rings. The minimum Gasteiger partial charge on any atom is -0.308 e. The third kappa shape index (κ3) is 3.46. The van der Waals surface area contributed by atoms with Gasteiger partial charge in [0.25, 0.3) is 0 Å². The van der Waals surface area contributed by atoms with E-state index >= 15 is 0 Å². The molecule has 0 aliphatic carbocycles. The maximum atomic E-state index is 3.72. The Hall–Kier alpha value is -0.940. The number of hydrogen-bond acceptors (Lipinski definition) is 4. The monoisotopic (exact) mass is 303 g/mol. The molecule has 0 saturated carbocycles. The van der Waals surface area contributed by atoms with Crippen LogP contribution in [0.4, 0.5) is 0 Å². The molecular weight excluding hydrogens is 278 g/mol. The Bertz CT molecular complexity index is 561. The third-order valence-corrected chi connectivity index (χ3v) is 5.81. The lowest BCUT2D eigenvalue weighted by atomic mass is 10.1. The van der Waals surface area contributed by atoms with Gasteiger partial charge in [-0.15, -0.1) is 11.3 Å². The molecule has 3 rings (SSSR count). The van der Waals surface area contributed by atoms with E-state index in [4.69, 9.17) is 0 Å². The average molecular weight is 303 g/mol. The van der Waals surface area contributed by atoms with Crippen LogP contribution in [0, 0.1) is 0 Å². The van der Waals surface area contributed by atoms with Crippen molar-refractivity contribution in [2.24, 2.45) is 0 Å². The lowest BCUT2D eigenvalue weighted by molar-refractivity contribution is 0.112.